The summed E-state index contributed by atoms with van der Waals surface area (Å²) in [4.78, 5) is 12.9. The van der Waals surface area contributed by atoms with Crippen LogP contribution in [0.15, 0.2) is 77.6 Å². The molecule has 26 heavy (non-hydrogen) atoms. The predicted molar refractivity (Wildman–Crippen MR) is 107 cm³/mol. The highest BCUT2D eigenvalue weighted by atomic mass is 16.1. The maximum atomic E-state index is 12.9. The number of anilines is 2. The van der Waals surface area contributed by atoms with Gasteiger partial charge in [0.2, 0.25) is 0 Å². The second-order valence-electron chi connectivity index (χ2n) is 6.44. The monoisotopic (exact) mass is 341 g/mol. The van der Waals surface area contributed by atoms with Crippen LogP contribution in [0.4, 0.5) is 11.5 Å². The fraction of sp³-hybridized carbons (Fsp3) is 0.0909. The smallest absolute Gasteiger partial charge is 0.279 e. The standard InChI is InChI=1S/C22H19N3O/c1-15-7-11-17(12-8-15)23-21-19-5-3-4-6-20(19)22(26)25(24-21)18-13-9-16(2)10-14-18/h3-14H,1-2H3,(H,23,24). The van der Waals surface area contributed by atoms with E-state index < -0.39 is 0 Å². The van der Waals surface area contributed by atoms with E-state index in [1.54, 1.807) is 0 Å². The number of hydrogen-bond acceptors (Lipinski definition) is 3. The van der Waals surface area contributed by atoms with Gasteiger partial charge < -0.3 is 5.32 Å². The Bertz CT molecular complexity index is 1130. The lowest BCUT2D eigenvalue weighted by atomic mass is 10.1. The number of hydrogen-bond donors (Lipinski definition) is 1. The minimum absolute atomic E-state index is 0.126. The summed E-state index contributed by atoms with van der Waals surface area (Å²) in [5.41, 5.74) is 3.89. The van der Waals surface area contributed by atoms with Gasteiger partial charge in [0.05, 0.1) is 11.1 Å². The van der Waals surface area contributed by atoms with Crippen LogP contribution in [0.1, 0.15) is 11.1 Å². The van der Waals surface area contributed by atoms with Crippen molar-refractivity contribution >= 4 is 22.3 Å². The molecule has 128 valence electrons. The molecule has 0 fully saturated rings. The van der Waals surface area contributed by atoms with E-state index in [4.69, 9.17) is 0 Å². The second-order valence-corrected chi connectivity index (χ2v) is 6.44. The van der Waals surface area contributed by atoms with Crippen molar-refractivity contribution in [1.82, 2.24) is 9.78 Å². The molecular weight excluding hydrogens is 322 g/mol. The summed E-state index contributed by atoms with van der Waals surface area (Å²) in [6.07, 6.45) is 0. The van der Waals surface area contributed by atoms with Crippen LogP contribution in [0.3, 0.4) is 0 Å². The van der Waals surface area contributed by atoms with Crippen molar-refractivity contribution in [3.63, 3.8) is 0 Å². The molecule has 0 bridgehead atoms. The number of aromatic nitrogens is 2. The van der Waals surface area contributed by atoms with E-state index in [1.165, 1.54) is 10.2 Å². The first kappa shape index (κ1) is 16.1. The molecule has 1 N–H and O–H groups in total. The highest BCUT2D eigenvalue weighted by Crippen LogP contribution is 2.23. The van der Waals surface area contributed by atoms with Gasteiger partial charge in [0, 0.05) is 11.1 Å². The van der Waals surface area contributed by atoms with Crippen molar-refractivity contribution in [3.8, 4) is 5.69 Å². The average molecular weight is 341 g/mol. The lowest BCUT2D eigenvalue weighted by molar-refractivity contribution is 0.826. The second kappa shape index (κ2) is 6.48. The lowest BCUT2D eigenvalue weighted by Crippen LogP contribution is -2.22. The Balaban J connectivity index is 1.91. The first-order chi connectivity index (χ1) is 12.6. The molecule has 0 aliphatic rings. The first-order valence-corrected chi connectivity index (χ1v) is 8.55. The van der Waals surface area contributed by atoms with Gasteiger partial charge in [-0.25, -0.2) is 0 Å². The summed E-state index contributed by atoms with van der Waals surface area (Å²) in [7, 11) is 0. The summed E-state index contributed by atoms with van der Waals surface area (Å²) >= 11 is 0. The van der Waals surface area contributed by atoms with Gasteiger partial charge in [0.1, 0.15) is 0 Å². The predicted octanol–water partition coefficient (Wildman–Crippen LogP) is 4.75. The van der Waals surface area contributed by atoms with Crippen molar-refractivity contribution in [2.45, 2.75) is 13.8 Å². The van der Waals surface area contributed by atoms with Crippen molar-refractivity contribution < 1.29 is 0 Å². The van der Waals surface area contributed by atoms with Crippen LogP contribution in [0, 0.1) is 13.8 Å². The van der Waals surface area contributed by atoms with Gasteiger partial charge in [-0.3, -0.25) is 4.79 Å². The fourth-order valence-electron chi connectivity index (χ4n) is 2.92. The molecule has 4 heteroatoms. The number of rotatable bonds is 3. The van der Waals surface area contributed by atoms with Gasteiger partial charge >= 0.3 is 0 Å². The molecule has 1 heterocycles. The number of nitrogens with zero attached hydrogens (tertiary/aromatic N) is 2. The Morgan fingerprint density at radius 3 is 2.00 bits per heavy atom. The molecule has 4 rings (SSSR count). The van der Waals surface area contributed by atoms with Gasteiger partial charge in [-0.05, 0) is 44.2 Å². The molecule has 0 saturated carbocycles. The van der Waals surface area contributed by atoms with Crippen molar-refractivity contribution in [3.05, 3.63) is 94.3 Å². The molecule has 0 saturated heterocycles. The highest BCUT2D eigenvalue weighted by molar-refractivity contribution is 5.92. The number of fused-ring (bicyclic) bond motifs is 1. The average Bonchev–Trinajstić information content (AvgIpc) is 2.67. The molecule has 4 aromatic rings. The van der Waals surface area contributed by atoms with E-state index in [2.05, 4.69) is 17.3 Å². The van der Waals surface area contributed by atoms with Crippen LogP contribution in [-0.2, 0) is 0 Å². The molecule has 0 amide bonds. The Morgan fingerprint density at radius 2 is 1.35 bits per heavy atom. The van der Waals surface area contributed by atoms with Crippen LogP contribution in [0.25, 0.3) is 16.5 Å². The molecule has 0 radical (unpaired) electrons. The molecule has 0 aliphatic heterocycles. The number of benzene rings is 3. The van der Waals surface area contributed by atoms with E-state index in [-0.39, 0.29) is 5.56 Å². The van der Waals surface area contributed by atoms with E-state index in [0.717, 1.165) is 22.3 Å². The number of aryl methyl sites for hydroxylation is 2. The van der Waals surface area contributed by atoms with Crippen LogP contribution < -0.4 is 10.9 Å². The third-order valence-corrected chi connectivity index (χ3v) is 4.40. The zero-order valence-electron chi connectivity index (χ0n) is 14.7. The Hall–Kier alpha value is -3.40. The summed E-state index contributed by atoms with van der Waals surface area (Å²) in [5.74, 6) is 0.657. The Kier molecular flexibility index (Phi) is 4.01. The summed E-state index contributed by atoms with van der Waals surface area (Å²) < 4.78 is 1.46. The van der Waals surface area contributed by atoms with Crippen LogP contribution in [0.5, 0.6) is 0 Å². The zero-order valence-corrected chi connectivity index (χ0v) is 14.7. The Labute approximate surface area is 151 Å². The molecule has 4 nitrogen and oxygen atoms in total. The van der Waals surface area contributed by atoms with Gasteiger partial charge in [-0.15, -0.1) is 5.10 Å². The Morgan fingerprint density at radius 1 is 0.769 bits per heavy atom. The van der Waals surface area contributed by atoms with Crippen molar-refractivity contribution in [1.29, 1.82) is 0 Å². The SMILES string of the molecule is Cc1ccc(Nc2nn(-c3ccc(C)cc3)c(=O)c3ccccc23)cc1. The van der Waals surface area contributed by atoms with Crippen LogP contribution >= 0.6 is 0 Å². The maximum Gasteiger partial charge on any atom is 0.279 e. The van der Waals surface area contributed by atoms with E-state index in [9.17, 15) is 4.79 Å². The molecular formula is C22H19N3O. The summed E-state index contributed by atoms with van der Waals surface area (Å²) in [5, 5.41) is 9.41. The normalized spacial score (nSPS) is 10.8. The first-order valence-electron chi connectivity index (χ1n) is 8.55. The molecule has 0 spiro atoms. The summed E-state index contributed by atoms with van der Waals surface area (Å²) in [6, 6.07) is 23.4. The minimum atomic E-state index is -0.126. The quantitative estimate of drug-likeness (QED) is 0.585. The lowest BCUT2D eigenvalue weighted by Gasteiger charge is -2.13. The summed E-state index contributed by atoms with van der Waals surface area (Å²) in [6.45, 7) is 4.07. The third kappa shape index (κ3) is 2.97. The third-order valence-electron chi connectivity index (χ3n) is 4.40. The van der Waals surface area contributed by atoms with Crippen LogP contribution in [-0.4, -0.2) is 9.78 Å². The fourth-order valence-corrected chi connectivity index (χ4v) is 2.92. The molecule has 0 atom stereocenters. The van der Waals surface area contributed by atoms with E-state index in [1.807, 2.05) is 79.7 Å². The van der Waals surface area contributed by atoms with Crippen molar-refractivity contribution in [2.24, 2.45) is 0 Å². The number of nitrogens with one attached hydrogen (secondary N) is 1. The minimum Gasteiger partial charge on any atom is -0.338 e. The van der Waals surface area contributed by atoms with Gasteiger partial charge in [-0.1, -0.05) is 53.6 Å². The van der Waals surface area contributed by atoms with Gasteiger partial charge in [0.15, 0.2) is 5.82 Å². The van der Waals surface area contributed by atoms with E-state index >= 15 is 0 Å². The van der Waals surface area contributed by atoms with Crippen molar-refractivity contribution in [2.75, 3.05) is 5.32 Å². The highest BCUT2D eigenvalue weighted by Gasteiger charge is 2.11. The van der Waals surface area contributed by atoms with Gasteiger partial charge in [0.25, 0.3) is 5.56 Å². The van der Waals surface area contributed by atoms with Crippen LogP contribution in [0.2, 0.25) is 0 Å². The molecule has 1 aromatic heterocycles. The molecule has 3 aromatic carbocycles. The largest absolute Gasteiger partial charge is 0.338 e. The van der Waals surface area contributed by atoms with Gasteiger partial charge in [-0.2, -0.15) is 4.68 Å². The zero-order chi connectivity index (χ0) is 18.1. The molecule has 0 unspecified atom stereocenters. The topological polar surface area (TPSA) is 46.9 Å². The molecule has 0 aliphatic carbocycles. The van der Waals surface area contributed by atoms with E-state index in [0.29, 0.717) is 11.2 Å². The maximum absolute atomic E-state index is 12.9.